The number of allylic oxidation sites excluding steroid dienone is 2. The Hall–Kier alpha value is -0.310. The highest BCUT2D eigenvalue weighted by Gasteiger charge is 2.37. The van der Waals surface area contributed by atoms with Crippen molar-refractivity contribution in [2.75, 3.05) is 0 Å². The van der Waals surface area contributed by atoms with Crippen molar-refractivity contribution in [3.05, 3.63) is 40.5 Å². The Morgan fingerprint density at radius 1 is 1.15 bits per heavy atom. The van der Waals surface area contributed by atoms with Crippen molar-refractivity contribution in [1.82, 2.24) is 0 Å². The van der Waals surface area contributed by atoms with Gasteiger partial charge in [-0.3, -0.25) is 0 Å². The number of rotatable bonds is 2. The first-order valence-electron chi connectivity index (χ1n) is 8.06. The maximum absolute atomic E-state index is 2.67. The summed E-state index contributed by atoms with van der Waals surface area (Å²) in [6, 6.07) is 7.18. The van der Waals surface area contributed by atoms with Crippen molar-refractivity contribution >= 4 is 28.2 Å². The zero-order valence-electron chi connectivity index (χ0n) is 12.9. The highest BCUT2D eigenvalue weighted by Crippen LogP contribution is 2.51. The van der Waals surface area contributed by atoms with E-state index in [2.05, 4.69) is 61.6 Å². The zero-order chi connectivity index (χ0) is 14.3. The summed E-state index contributed by atoms with van der Waals surface area (Å²) in [5.41, 5.74) is 8.01. The number of halogens is 1. The number of fused-ring (bicyclic) bond motifs is 3. The largest absolute Gasteiger partial charge is 0.0826 e. The molecule has 0 aliphatic heterocycles. The molecule has 0 radical (unpaired) electrons. The molecule has 20 heavy (non-hydrogen) atoms. The second kappa shape index (κ2) is 5.82. The van der Waals surface area contributed by atoms with Crippen LogP contribution >= 0.6 is 22.6 Å². The van der Waals surface area contributed by atoms with E-state index < -0.39 is 0 Å². The van der Waals surface area contributed by atoms with Crippen molar-refractivity contribution in [3.8, 4) is 0 Å². The molecule has 0 spiro atoms. The minimum absolute atomic E-state index is 0.789. The molecule has 0 bridgehead atoms. The van der Waals surface area contributed by atoms with Gasteiger partial charge in [-0.1, -0.05) is 65.3 Å². The Morgan fingerprint density at radius 3 is 2.70 bits per heavy atom. The van der Waals surface area contributed by atoms with E-state index in [4.69, 9.17) is 0 Å². The summed E-state index contributed by atoms with van der Waals surface area (Å²) in [5.74, 6) is 1.60. The molecule has 0 heterocycles. The van der Waals surface area contributed by atoms with Crippen LogP contribution in [0, 0.1) is 12.8 Å². The molecule has 1 aromatic carbocycles. The number of hydrogen-bond donors (Lipinski definition) is 0. The van der Waals surface area contributed by atoms with Gasteiger partial charge in [0.2, 0.25) is 0 Å². The summed E-state index contributed by atoms with van der Waals surface area (Å²) in [6.45, 7) is 6.96. The van der Waals surface area contributed by atoms with Gasteiger partial charge in [0.1, 0.15) is 0 Å². The van der Waals surface area contributed by atoms with Crippen LogP contribution in [0.4, 0.5) is 0 Å². The molecule has 1 saturated carbocycles. The van der Waals surface area contributed by atoms with Crippen LogP contribution in [0.3, 0.4) is 0 Å². The third-order valence-corrected chi connectivity index (χ3v) is 6.38. The van der Waals surface area contributed by atoms with Crippen molar-refractivity contribution < 1.29 is 0 Å². The third kappa shape index (κ3) is 2.47. The van der Waals surface area contributed by atoms with Gasteiger partial charge in [-0.15, -0.1) is 0 Å². The van der Waals surface area contributed by atoms with E-state index in [1.165, 1.54) is 37.7 Å². The van der Waals surface area contributed by atoms with E-state index in [1.807, 2.05) is 0 Å². The Labute approximate surface area is 137 Å². The molecule has 0 saturated heterocycles. The van der Waals surface area contributed by atoms with E-state index in [0.717, 1.165) is 15.8 Å². The maximum atomic E-state index is 2.67. The molecule has 2 unspecified atom stereocenters. The fraction of sp³-hybridized carbons (Fsp3) is 0.579. The van der Waals surface area contributed by atoms with Gasteiger partial charge in [0.15, 0.2) is 0 Å². The SMILES string of the molecule is CCCC1=C(C)C2CC(I)CC[C@H]2c2ccc(C)cc21. The van der Waals surface area contributed by atoms with Crippen LogP contribution in [0.2, 0.25) is 0 Å². The topological polar surface area (TPSA) is 0 Å². The minimum atomic E-state index is 0.789. The quantitative estimate of drug-likeness (QED) is 0.419. The molecular formula is C19H25I. The lowest BCUT2D eigenvalue weighted by Crippen LogP contribution is -2.28. The molecule has 0 aromatic heterocycles. The number of hydrogen-bond acceptors (Lipinski definition) is 0. The molecule has 2 aliphatic rings. The van der Waals surface area contributed by atoms with E-state index >= 15 is 0 Å². The van der Waals surface area contributed by atoms with Crippen molar-refractivity contribution in [3.63, 3.8) is 0 Å². The zero-order valence-corrected chi connectivity index (χ0v) is 15.0. The van der Waals surface area contributed by atoms with Gasteiger partial charge in [-0.05, 0) is 68.1 Å². The second-order valence-electron chi connectivity index (χ2n) is 6.63. The van der Waals surface area contributed by atoms with E-state index in [1.54, 1.807) is 22.3 Å². The van der Waals surface area contributed by atoms with Crippen LogP contribution in [-0.2, 0) is 0 Å². The highest BCUT2D eigenvalue weighted by atomic mass is 127. The van der Waals surface area contributed by atoms with Crippen LogP contribution in [-0.4, -0.2) is 3.92 Å². The van der Waals surface area contributed by atoms with Gasteiger partial charge in [0.05, 0.1) is 0 Å². The Morgan fingerprint density at radius 2 is 1.95 bits per heavy atom. The van der Waals surface area contributed by atoms with Gasteiger partial charge in [0, 0.05) is 3.92 Å². The van der Waals surface area contributed by atoms with Gasteiger partial charge < -0.3 is 0 Å². The first kappa shape index (κ1) is 14.6. The van der Waals surface area contributed by atoms with Crippen molar-refractivity contribution in [2.24, 2.45) is 5.92 Å². The average molecular weight is 380 g/mol. The van der Waals surface area contributed by atoms with Crippen LogP contribution < -0.4 is 0 Å². The van der Waals surface area contributed by atoms with Crippen LogP contribution in [0.5, 0.6) is 0 Å². The van der Waals surface area contributed by atoms with Crippen molar-refractivity contribution in [1.29, 1.82) is 0 Å². The normalized spacial score (nSPS) is 29.1. The highest BCUT2D eigenvalue weighted by molar-refractivity contribution is 14.1. The minimum Gasteiger partial charge on any atom is -0.0826 e. The lowest BCUT2D eigenvalue weighted by molar-refractivity contribution is 0.357. The monoisotopic (exact) mass is 380 g/mol. The van der Waals surface area contributed by atoms with E-state index in [0.29, 0.717) is 0 Å². The molecule has 1 fully saturated rings. The first-order chi connectivity index (χ1) is 9.61. The standard InChI is InChI=1S/C19H25I/c1-4-5-15-13(3)18-11-14(20)7-9-16(18)17-8-6-12(2)10-19(15)17/h6,8,10,14,16,18H,4-5,7,9,11H2,1-3H3/t14?,16-,18?/m0/s1. The number of aryl methyl sites for hydroxylation is 1. The van der Waals surface area contributed by atoms with Gasteiger partial charge in [-0.25, -0.2) is 0 Å². The lowest BCUT2D eigenvalue weighted by Gasteiger charge is -2.41. The number of benzene rings is 1. The van der Waals surface area contributed by atoms with Gasteiger partial charge in [0.25, 0.3) is 0 Å². The summed E-state index contributed by atoms with van der Waals surface area (Å²) in [6.07, 6.45) is 6.66. The Balaban J connectivity index is 2.12. The predicted octanol–water partition coefficient (Wildman–Crippen LogP) is 6.27. The first-order valence-corrected chi connectivity index (χ1v) is 9.31. The third-order valence-electron chi connectivity index (χ3n) is 5.25. The molecule has 0 N–H and O–H groups in total. The molecule has 0 nitrogen and oxygen atoms in total. The molecule has 1 heteroatoms. The summed E-state index contributed by atoms with van der Waals surface area (Å²) < 4.78 is 0.874. The van der Waals surface area contributed by atoms with Crippen LogP contribution in [0.25, 0.3) is 5.57 Å². The van der Waals surface area contributed by atoms with Crippen LogP contribution in [0.1, 0.15) is 68.6 Å². The fourth-order valence-electron chi connectivity index (χ4n) is 4.24. The Kier molecular flexibility index (Phi) is 4.26. The van der Waals surface area contributed by atoms with E-state index in [-0.39, 0.29) is 0 Å². The molecule has 108 valence electrons. The van der Waals surface area contributed by atoms with E-state index in [9.17, 15) is 0 Å². The van der Waals surface area contributed by atoms with Gasteiger partial charge >= 0.3 is 0 Å². The molecule has 3 rings (SSSR count). The molecule has 0 amide bonds. The molecule has 3 atom stereocenters. The lowest BCUT2D eigenvalue weighted by atomic mass is 9.65. The molecule has 2 aliphatic carbocycles. The van der Waals surface area contributed by atoms with Crippen molar-refractivity contribution in [2.45, 2.75) is 62.7 Å². The second-order valence-corrected chi connectivity index (χ2v) is 8.39. The Bertz CT molecular complexity index is 541. The fourth-order valence-corrected chi connectivity index (χ4v) is 5.15. The van der Waals surface area contributed by atoms with Gasteiger partial charge in [-0.2, -0.15) is 0 Å². The molecular weight excluding hydrogens is 355 g/mol. The average Bonchev–Trinajstić information content (AvgIpc) is 2.43. The maximum Gasteiger partial charge on any atom is 0.0116 e. The summed E-state index contributed by atoms with van der Waals surface area (Å²) in [5, 5.41) is 0. The molecule has 1 aromatic rings. The summed E-state index contributed by atoms with van der Waals surface area (Å²) in [7, 11) is 0. The predicted molar refractivity (Wildman–Crippen MR) is 96.6 cm³/mol. The number of alkyl halides is 1. The summed E-state index contributed by atoms with van der Waals surface area (Å²) in [4.78, 5) is 0. The summed E-state index contributed by atoms with van der Waals surface area (Å²) >= 11 is 2.67. The smallest absolute Gasteiger partial charge is 0.0116 e. The van der Waals surface area contributed by atoms with Crippen LogP contribution in [0.15, 0.2) is 23.8 Å².